The van der Waals surface area contributed by atoms with Crippen LogP contribution in [0.1, 0.15) is 5.56 Å². The number of nitrogens with one attached hydrogen (secondary N) is 1. The molecule has 1 aromatic carbocycles. The van der Waals surface area contributed by atoms with Crippen LogP contribution in [0.25, 0.3) is 0 Å². The molecule has 74 valence electrons. The van der Waals surface area contributed by atoms with Gasteiger partial charge in [0, 0.05) is 13.1 Å². The monoisotopic (exact) mass is 191 g/mol. The van der Waals surface area contributed by atoms with Crippen molar-refractivity contribution >= 4 is 12.6 Å². The zero-order valence-corrected chi connectivity index (χ0v) is 7.98. The molecule has 4 heteroatoms. The first-order valence-electron chi connectivity index (χ1n) is 4.51. The predicted octanol–water partition coefficient (Wildman–Crippen LogP) is -0.358. The van der Waals surface area contributed by atoms with Gasteiger partial charge in [-0.2, -0.15) is 0 Å². The van der Waals surface area contributed by atoms with Crippen LogP contribution in [0, 0.1) is 0 Å². The van der Waals surface area contributed by atoms with Crippen molar-refractivity contribution in [3.8, 4) is 0 Å². The van der Waals surface area contributed by atoms with E-state index in [1.807, 2.05) is 12.1 Å². The second-order valence-corrected chi connectivity index (χ2v) is 2.99. The van der Waals surface area contributed by atoms with Crippen molar-refractivity contribution in [1.29, 1.82) is 0 Å². The van der Waals surface area contributed by atoms with E-state index in [4.69, 9.17) is 10.0 Å². The first kappa shape index (κ1) is 11.0. The van der Waals surface area contributed by atoms with Crippen molar-refractivity contribution in [2.75, 3.05) is 6.54 Å². The normalized spacial score (nSPS) is 9.86. The molecule has 0 atom stereocenters. The summed E-state index contributed by atoms with van der Waals surface area (Å²) in [5, 5.41) is 21.2. The molecule has 0 heterocycles. The van der Waals surface area contributed by atoms with Crippen molar-refractivity contribution in [3.63, 3.8) is 0 Å². The van der Waals surface area contributed by atoms with Gasteiger partial charge in [0.05, 0.1) is 0 Å². The zero-order chi connectivity index (χ0) is 10.4. The van der Waals surface area contributed by atoms with E-state index in [2.05, 4.69) is 11.9 Å². The van der Waals surface area contributed by atoms with Gasteiger partial charge in [0.25, 0.3) is 0 Å². The van der Waals surface area contributed by atoms with Crippen molar-refractivity contribution < 1.29 is 10.0 Å². The molecule has 0 aromatic heterocycles. The Kier molecular flexibility index (Phi) is 4.39. The highest BCUT2D eigenvalue weighted by Gasteiger charge is 2.14. The van der Waals surface area contributed by atoms with Crippen molar-refractivity contribution in [2.45, 2.75) is 6.54 Å². The second kappa shape index (κ2) is 5.60. The van der Waals surface area contributed by atoms with Crippen LogP contribution in [0.5, 0.6) is 0 Å². The van der Waals surface area contributed by atoms with E-state index in [-0.39, 0.29) is 0 Å². The van der Waals surface area contributed by atoms with Gasteiger partial charge in [0.2, 0.25) is 0 Å². The predicted molar refractivity (Wildman–Crippen MR) is 58.2 cm³/mol. The van der Waals surface area contributed by atoms with Crippen LogP contribution in [0.4, 0.5) is 0 Å². The minimum absolute atomic E-state index is 0.545. The summed E-state index contributed by atoms with van der Waals surface area (Å²) in [6.45, 7) is 4.90. The average Bonchev–Trinajstić information content (AvgIpc) is 2.19. The largest absolute Gasteiger partial charge is 0.488 e. The van der Waals surface area contributed by atoms with E-state index in [1.165, 1.54) is 0 Å². The third-order valence-electron chi connectivity index (χ3n) is 1.94. The lowest BCUT2D eigenvalue weighted by atomic mass is 9.77. The number of hydrogen-bond donors (Lipinski definition) is 3. The van der Waals surface area contributed by atoms with Crippen molar-refractivity contribution in [2.24, 2.45) is 0 Å². The first-order valence-corrected chi connectivity index (χ1v) is 4.51. The maximum atomic E-state index is 9.07. The SMILES string of the molecule is C=CCNCc1ccccc1B(O)O. The van der Waals surface area contributed by atoms with Crippen molar-refractivity contribution in [1.82, 2.24) is 5.32 Å². The summed E-state index contributed by atoms with van der Waals surface area (Å²) in [4.78, 5) is 0. The van der Waals surface area contributed by atoms with Gasteiger partial charge in [-0.1, -0.05) is 30.3 Å². The Morgan fingerprint density at radius 2 is 2.07 bits per heavy atom. The minimum Gasteiger partial charge on any atom is -0.423 e. The molecule has 1 rings (SSSR count). The topological polar surface area (TPSA) is 52.5 Å². The van der Waals surface area contributed by atoms with Crippen LogP contribution in [0.3, 0.4) is 0 Å². The molecule has 0 saturated heterocycles. The van der Waals surface area contributed by atoms with Crippen LogP contribution in [-0.4, -0.2) is 23.7 Å². The van der Waals surface area contributed by atoms with Gasteiger partial charge in [-0.15, -0.1) is 6.58 Å². The molecule has 0 radical (unpaired) electrons. The molecular formula is C10H14BNO2. The van der Waals surface area contributed by atoms with Crippen LogP contribution in [-0.2, 0) is 6.54 Å². The van der Waals surface area contributed by atoms with Gasteiger partial charge in [-0.25, -0.2) is 0 Å². The molecule has 0 aliphatic heterocycles. The van der Waals surface area contributed by atoms with Gasteiger partial charge in [0.15, 0.2) is 0 Å². The minimum atomic E-state index is -1.41. The zero-order valence-electron chi connectivity index (χ0n) is 7.98. The summed E-state index contributed by atoms with van der Waals surface area (Å²) in [5.41, 5.74) is 1.44. The molecule has 1 aromatic rings. The van der Waals surface area contributed by atoms with Crippen molar-refractivity contribution in [3.05, 3.63) is 42.5 Å². The molecule has 3 N–H and O–H groups in total. The average molecular weight is 191 g/mol. The Morgan fingerprint density at radius 3 is 2.71 bits per heavy atom. The summed E-state index contributed by atoms with van der Waals surface area (Å²) in [6, 6.07) is 7.23. The summed E-state index contributed by atoms with van der Waals surface area (Å²) >= 11 is 0. The summed E-state index contributed by atoms with van der Waals surface area (Å²) in [6.07, 6.45) is 1.76. The summed E-state index contributed by atoms with van der Waals surface area (Å²) in [5.74, 6) is 0. The van der Waals surface area contributed by atoms with E-state index in [0.29, 0.717) is 18.6 Å². The van der Waals surface area contributed by atoms with E-state index in [1.54, 1.807) is 18.2 Å². The molecule has 0 saturated carbocycles. The van der Waals surface area contributed by atoms with Gasteiger partial charge in [0.1, 0.15) is 0 Å². The smallest absolute Gasteiger partial charge is 0.423 e. The van der Waals surface area contributed by atoms with E-state index in [0.717, 1.165) is 5.56 Å². The van der Waals surface area contributed by atoms with Crippen LogP contribution in [0.15, 0.2) is 36.9 Å². The number of rotatable bonds is 5. The summed E-state index contributed by atoms with van der Waals surface area (Å²) in [7, 11) is -1.41. The maximum Gasteiger partial charge on any atom is 0.488 e. The lowest BCUT2D eigenvalue weighted by Gasteiger charge is -2.08. The number of benzene rings is 1. The first-order chi connectivity index (χ1) is 6.75. The van der Waals surface area contributed by atoms with Crippen LogP contribution >= 0.6 is 0 Å². The van der Waals surface area contributed by atoms with Gasteiger partial charge in [-0.05, 0) is 11.0 Å². The van der Waals surface area contributed by atoms with Crippen LogP contribution < -0.4 is 10.8 Å². The molecule has 14 heavy (non-hydrogen) atoms. The molecule has 0 aliphatic carbocycles. The molecule has 0 amide bonds. The van der Waals surface area contributed by atoms with E-state index < -0.39 is 7.12 Å². The second-order valence-electron chi connectivity index (χ2n) is 2.99. The Bertz CT molecular complexity index is 302. The third-order valence-corrected chi connectivity index (χ3v) is 1.94. The molecule has 0 aliphatic rings. The lowest BCUT2D eigenvalue weighted by molar-refractivity contribution is 0.425. The standard InChI is InChI=1S/C10H14BNO2/c1-2-7-12-8-9-5-3-4-6-10(9)11(13)14/h2-6,12-14H,1,7-8H2. The fourth-order valence-electron chi connectivity index (χ4n) is 1.26. The van der Waals surface area contributed by atoms with Crippen LogP contribution in [0.2, 0.25) is 0 Å². The fourth-order valence-corrected chi connectivity index (χ4v) is 1.26. The Hall–Kier alpha value is -1.10. The molecule has 3 nitrogen and oxygen atoms in total. The van der Waals surface area contributed by atoms with Gasteiger partial charge >= 0.3 is 7.12 Å². The molecule has 0 spiro atoms. The highest BCUT2D eigenvalue weighted by atomic mass is 16.4. The molecule has 0 fully saturated rings. The fraction of sp³-hybridized carbons (Fsp3) is 0.200. The molecular weight excluding hydrogens is 177 g/mol. The van der Waals surface area contributed by atoms with E-state index in [9.17, 15) is 0 Å². The maximum absolute atomic E-state index is 9.07. The highest BCUT2D eigenvalue weighted by Crippen LogP contribution is 1.96. The Balaban J connectivity index is 2.69. The van der Waals surface area contributed by atoms with E-state index >= 15 is 0 Å². The molecule has 0 unspecified atom stereocenters. The quantitative estimate of drug-likeness (QED) is 0.338. The Morgan fingerprint density at radius 1 is 1.36 bits per heavy atom. The molecule has 0 bridgehead atoms. The third kappa shape index (κ3) is 2.99. The lowest BCUT2D eigenvalue weighted by Crippen LogP contribution is -2.34. The summed E-state index contributed by atoms with van der Waals surface area (Å²) < 4.78 is 0. The highest BCUT2D eigenvalue weighted by molar-refractivity contribution is 6.59. The number of hydrogen-bond acceptors (Lipinski definition) is 3. The van der Waals surface area contributed by atoms with Gasteiger partial charge < -0.3 is 15.4 Å². The Labute approximate surface area is 84.2 Å². The van der Waals surface area contributed by atoms with Gasteiger partial charge in [-0.3, -0.25) is 0 Å².